The second kappa shape index (κ2) is 7.37. The number of thiol groups is 1. The summed E-state index contributed by atoms with van der Waals surface area (Å²) >= 11 is 4.22. The molecule has 4 nitrogen and oxygen atoms in total. The van der Waals surface area contributed by atoms with E-state index < -0.39 is 11.8 Å². The van der Waals surface area contributed by atoms with Gasteiger partial charge in [0.2, 0.25) is 5.91 Å². The van der Waals surface area contributed by atoms with Gasteiger partial charge in [0.15, 0.2) is 0 Å². The Morgan fingerprint density at radius 1 is 1.48 bits per heavy atom. The summed E-state index contributed by atoms with van der Waals surface area (Å²) in [6.07, 6.45) is 2.25. The first-order valence-electron chi connectivity index (χ1n) is 6.99. The van der Waals surface area contributed by atoms with Crippen LogP contribution in [0.1, 0.15) is 26.7 Å². The molecule has 21 heavy (non-hydrogen) atoms. The molecule has 0 bridgehead atoms. The van der Waals surface area contributed by atoms with Crippen LogP contribution in [0.25, 0.3) is 0 Å². The van der Waals surface area contributed by atoms with E-state index in [0.29, 0.717) is 5.92 Å². The van der Waals surface area contributed by atoms with Gasteiger partial charge in [-0.1, -0.05) is 26.0 Å². The molecule has 1 amide bonds. The van der Waals surface area contributed by atoms with Gasteiger partial charge < -0.3 is 11.1 Å². The number of primary amides is 1. The molecule has 1 aromatic rings. The molecular weight excluding hydrogens is 282 g/mol. The molecule has 1 saturated carbocycles. The van der Waals surface area contributed by atoms with Crippen LogP contribution in [0.5, 0.6) is 0 Å². The summed E-state index contributed by atoms with van der Waals surface area (Å²) in [5.41, 5.74) is 5.97. The molecule has 3 N–H and O–H groups in total. The van der Waals surface area contributed by atoms with Crippen molar-refractivity contribution >= 4 is 24.2 Å². The summed E-state index contributed by atoms with van der Waals surface area (Å²) in [5.74, 6) is -0.617. The standard InChI is InChI=1S/C9H14N2O.C7H9NS/c1-9(2,6-3-4-6)7(5-10)8(11)12;1-8-6-4-2-3-5-7(6)9/h6-7H,3-4H2,1-2H3,(H2,11,12);2-5,8-9H,1H3. The molecule has 0 spiro atoms. The number of carbonyl (C=O) groups is 1. The fourth-order valence-corrected chi connectivity index (χ4v) is 2.62. The third-order valence-electron chi connectivity index (χ3n) is 3.96. The number of nitrogens with two attached hydrogens (primary N) is 1. The Kier molecular flexibility index (Phi) is 6.10. The monoisotopic (exact) mass is 305 g/mol. The maximum absolute atomic E-state index is 10.9. The van der Waals surface area contributed by atoms with Gasteiger partial charge in [-0.15, -0.1) is 12.6 Å². The highest BCUT2D eigenvalue weighted by atomic mass is 32.1. The molecule has 1 unspecified atom stereocenters. The molecule has 0 aromatic heterocycles. The minimum absolute atomic E-state index is 0.236. The van der Waals surface area contributed by atoms with E-state index in [2.05, 4.69) is 17.9 Å². The van der Waals surface area contributed by atoms with Crippen molar-refractivity contribution in [3.63, 3.8) is 0 Å². The van der Waals surface area contributed by atoms with E-state index in [4.69, 9.17) is 11.0 Å². The van der Waals surface area contributed by atoms with Crippen LogP contribution < -0.4 is 11.1 Å². The Morgan fingerprint density at radius 2 is 2.05 bits per heavy atom. The van der Waals surface area contributed by atoms with E-state index in [1.165, 1.54) is 0 Å². The maximum Gasteiger partial charge on any atom is 0.235 e. The number of para-hydroxylation sites is 1. The summed E-state index contributed by atoms with van der Waals surface area (Å²) in [6, 6.07) is 9.87. The van der Waals surface area contributed by atoms with E-state index in [0.717, 1.165) is 23.4 Å². The third-order valence-corrected chi connectivity index (χ3v) is 4.35. The number of benzene rings is 1. The van der Waals surface area contributed by atoms with E-state index in [1.54, 1.807) is 0 Å². The van der Waals surface area contributed by atoms with Crippen molar-refractivity contribution in [2.24, 2.45) is 23.0 Å². The summed E-state index contributed by atoms with van der Waals surface area (Å²) in [4.78, 5) is 11.9. The van der Waals surface area contributed by atoms with Crippen molar-refractivity contribution in [2.45, 2.75) is 31.6 Å². The van der Waals surface area contributed by atoms with E-state index in [9.17, 15) is 4.79 Å². The zero-order valence-electron chi connectivity index (χ0n) is 12.8. The van der Waals surface area contributed by atoms with Crippen molar-refractivity contribution in [1.82, 2.24) is 0 Å². The van der Waals surface area contributed by atoms with Gasteiger partial charge in [0.25, 0.3) is 0 Å². The first kappa shape index (κ1) is 17.4. The van der Waals surface area contributed by atoms with Crippen LogP contribution in [-0.4, -0.2) is 13.0 Å². The second-order valence-corrected chi connectivity index (χ2v) is 6.31. The first-order chi connectivity index (χ1) is 9.84. The minimum atomic E-state index is -0.634. The number of hydrogen-bond donors (Lipinski definition) is 3. The molecule has 2 rings (SSSR count). The van der Waals surface area contributed by atoms with Gasteiger partial charge in [0, 0.05) is 17.6 Å². The van der Waals surface area contributed by atoms with Crippen molar-refractivity contribution in [3.05, 3.63) is 24.3 Å². The molecule has 5 heteroatoms. The van der Waals surface area contributed by atoms with Crippen LogP contribution >= 0.6 is 12.6 Å². The lowest BCUT2D eigenvalue weighted by Crippen LogP contribution is -2.36. The minimum Gasteiger partial charge on any atom is -0.387 e. The first-order valence-corrected chi connectivity index (χ1v) is 7.44. The molecule has 0 aliphatic heterocycles. The molecule has 0 radical (unpaired) electrons. The van der Waals surface area contributed by atoms with Crippen molar-refractivity contribution in [2.75, 3.05) is 12.4 Å². The second-order valence-electron chi connectivity index (χ2n) is 5.83. The fraction of sp³-hybridized carbons (Fsp3) is 0.500. The lowest BCUT2D eigenvalue weighted by molar-refractivity contribution is -0.123. The Morgan fingerprint density at radius 3 is 2.38 bits per heavy atom. The lowest BCUT2D eigenvalue weighted by atomic mass is 9.75. The predicted octanol–water partition coefficient (Wildman–Crippen LogP) is 3.06. The Bertz CT molecular complexity index is 533. The molecule has 0 saturated heterocycles. The lowest BCUT2D eigenvalue weighted by Gasteiger charge is -2.27. The van der Waals surface area contributed by atoms with E-state index in [-0.39, 0.29) is 5.41 Å². The molecule has 1 aliphatic carbocycles. The third kappa shape index (κ3) is 4.68. The Hall–Kier alpha value is -1.67. The normalized spacial score (nSPS) is 15.2. The van der Waals surface area contributed by atoms with E-state index >= 15 is 0 Å². The molecule has 1 aliphatic rings. The van der Waals surface area contributed by atoms with Crippen LogP contribution in [0.4, 0.5) is 5.69 Å². The topological polar surface area (TPSA) is 78.9 Å². The summed E-state index contributed by atoms with van der Waals surface area (Å²) in [6.45, 7) is 3.90. The number of hydrogen-bond acceptors (Lipinski definition) is 4. The smallest absolute Gasteiger partial charge is 0.235 e. The molecule has 0 heterocycles. The highest BCUT2D eigenvalue weighted by Crippen LogP contribution is 2.49. The van der Waals surface area contributed by atoms with Gasteiger partial charge in [-0.05, 0) is 36.3 Å². The molecule has 1 atom stereocenters. The molecular formula is C16H23N3OS. The molecule has 1 aromatic carbocycles. The van der Waals surface area contributed by atoms with Crippen LogP contribution in [0.2, 0.25) is 0 Å². The molecule has 114 valence electrons. The van der Waals surface area contributed by atoms with Gasteiger partial charge >= 0.3 is 0 Å². The van der Waals surface area contributed by atoms with Crippen molar-refractivity contribution in [3.8, 4) is 6.07 Å². The van der Waals surface area contributed by atoms with Crippen LogP contribution in [0.15, 0.2) is 29.2 Å². The Labute approximate surface area is 132 Å². The number of rotatable bonds is 4. The summed E-state index contributed by atoms with van der Waals surface area (Å²) < 4.78 is 0. The van der Waals surface area contributed by atoms with Crippen LogP contribution in [-0.2, 0) is 4.79 Å². The van der Waals surface area contributed by atoms with Gasteiger partial charge in [-0.3, -0.25) is 4.79 Å². The van der Waals surface area contributed by atoms with Crippen LogP contribution in [0.3, 0.4) is 0 Å². The maximum atomic E-state index is 10.9. The van der Waals surface area contributed by atoms with Gasteiger partial charge in [-0.2, -0.15) is 5.26 Å². The average molecular weight is 305 g/mol. The van der Waals surface area contributed by atoms with Crippen molar-refractivity contribution < 1.29 is 4.79 Å². The number of anilines is 1. The number of nitriles is 1. The van der Waals surface area contributed by atoms with Crippen LogP contribution in [0, 0.1) is 28.6 Å². The SMILES string of the molecule is CC(C)(C1CC1)C(C#N)C(N)=O.CNc1ccccc1S. The number of carbonyl (C=O) groups excluding carboxylic acids is 1. The summed E-state index contributed by atoms with van der Waals surface area (Å²) in [7, 11) is 1.88. The quantitative estimate of drug-likeness (QED) is 0.748. The number of nitrogens with zero attached hydrogens (tertiary/aromatic N) is 1. The van der Waals surface area contributed by atoms with Gasteiger partial charge in [-0.25, -0.2) is 0 Å². The van der Waals surface area contributed by atoms with Gasteiger partial charge in [0.1, 0.15) is 5.92 Å². The highest BCUT2D eigenvalue weighted by molar-refractivity contribution is 7.80. The Balaban J connectivity index is 0.000000219. The zero-order chi connectivity index (χ0) is 16.0. The number of amides is 1. The summed E-state index contributed by atoms with van der Waals surface area (Å²) in [5, 5.41) is 11.8. The fourth-order valence-electron chi connectivity index (χ4n) is 2.34. The molecule has 1 fully saturated rings. The largest absolute Gasteiger partial charge is 0.387 e. The zero-order valence-corrected chi connectivity index (χ0v) is 13.7. The van der Waals surface area contributed by atoms with Crippen molar-refractivity contribution in [1.29, 1.82) is 5.26 Å². The van der Waals surface area contributed by atoms with Gasteiger partial charge in [0.05, 0.1) is 6.07 Å². The average Bonchev–Trinajstić information content (AvgIpc) is 3.24. The highest BCUT2D eigenvalue weighted by Gasteiger charge is 2.45. The van der Waals surface area contributed by atoms with E-state index in [1.807, 2.05) is 51.2 Å². The predicted molar refractivity (Wildman–Crippen MR) is 88.0 cm³/mol. The number of nitrogens with one attached hydrogen (secondary N) is 1.